The van der Waals surface area contributed by atoms with Gasteiger partial charge in [-0.1, -0.05) is 91.0 Å². The van der Waals surface area contributed by atoms with Gasteiger partial charge in [-0.2, -0.15) is 0 Å². The van der Waals surface area contributed by atoms with Crippen molar-refractivity contribution in [1.29, 1.82) is 0 Å². The number of fused-ring (bicyclic) bond motifs is 2. The Hall–Kier alpha value is -5.36. The molecule has 0 fully saturated rings. The van der Waals surface area contributed by atoms with Crippen molar-refractivity contribution in [2.24, 2.45) is 0 Å². The van der Waals surface area contributed by atoms with Crippen molar-refractivity contribution in [3.63, 3.8) is 0 Å². The summed E-state index contributed by atoms with van der Waals surface area (Å²) in [5, 5.41) is 23.0. The standard InChI is InChI=1S/C37H31NO5/c1-24-9-2-4-12-28(24)30-14-7-15-31-32(16-8-22-43-33-17-6-11-26-10-3-5-13-29(26)33)35(37(41)42)38(34(30)31)23-25-18-20-27(21-19-25)36(39)40/h2-7,9-15,17-21H,8,16,22-23H2,1H3,(H,39,40)(H,41,42). The number of aromatic nitrogens is 1. The lowest BCUT2D eigenvalue weighted by molar-refractivity contribution is 0.0679. The van der Waals surface area contributed by atoms with Crippen molar-refractivity contribution in [3.05, 3.63) is 137 Å². The van der Waals surface area contributed by atoms with Gasteiger partial charge >= 0.3 is 11.9 Å². The topological polar surface area (TPSA) is 88.8 Å². The number of para-hydroxylation sites is 1. The number of carboxylic acids is 2. The van der Waals surface area contributed by atoms with E-state index in [1.165, 1.54) is 0 Å². The van der Waals surface area contributed by atoms with E-state index in [2.05, 4.69) is 31.2 Å². The smallest absolute Gasteiger partial charge is 0.352 e. The van der Waals surface area contributed by atoms with Gasteiger partial charge in [0.2, 0.25) is 0 Å². The summed E-state index contributed by atoms with van der Waals surface area (Å²) in [5.74, 6) is -1.19. The van der Waals surface area contributed by atoms with Crippen LogP contribution in [0.15, 0.2) is 109 Å². The van der Waals surface area contributed by atoms with Crippen LogP contribution in [0.3, 0.4) is 0 Å². The Morgan fingerprint density at radius 1 is 0.721 bits per heavy atom. The average Bonchev–Trinajstić information content (AvgIpc) is 3.33. The van der Waals surface area contributed by atoms with Crippen molar-refractivity contribution in [3.8, 4) is 16.9 Å². The van der Waals surface area contributed by atoms with Crippen LogP contribution in [0.2, 0.25) is 0 Å². The fourth-order valence-electron chi connectivity index (χ4n) is 5.92. The maximum Gasteiger partial charge on any atom is 0.352 e. The minimum Gasteiger partial charge on any atom is -0.493 e. The van der Waals surface area contributed by atoms with Crippen molar-refractivity contribution in [2.45, 2.75) is 26.3 Å². The molecule has 6 rings (SSSR count). The van der Waals surface area contributed by atoms with Crippen LogP contribution < -0.4 is 4.74 Å². The molecule has 1 aromatic heterocycles. The van der Waals surface area contributed by atoms with Crippen molar-refractivity contribution >= 4 is 33.6 Å². The van der Waals surface area contributed by atoms with E-state index in [0.29, 0.717) is 19.4 Å². The molecule has 0 aliphatic heterocycles. The summed E-state index contributed by atoms with van der Waals surface area (Å²) < 4.78 is 8.06. The molecule has 6 aromatic rings. The van der Waals surface area contributed by atoms with E-state index in [1.807, 2.05) is 65.2 Å². The first-order valence-electron chi connectivity index (χ1n) is 14.3. The van der Waals surface area contributed by atoms with Gasteiger partial charge in [0.1, 0.15) is 11.4 Å². The first kappa shape index (κ1) is 27.8. The van der Waals surface area contributed by atoms with E-state index in [4.69, 9.17) is 4.74 Å². The molecule has 6 nitrogen and oxygen atoms in total. The molecule has 0 aliphatic carbocycles. The lowest BCUT2D eigenvalue weighted by Gasteiger charge is -2.14. The molecule has 6 heteroatoms. The number of ether oxygens (including phenoxy) is 1. The Balaban J connectivity index is 1.41. The van der Waals surface area contributed by atoms with Gasteiger partial charge in [0.05, 0.1) is 17.7 Å². The first-order chi connectivity index (χ1) is 20.9. The second kappa shape index (κ2) is 11.9. The van der Waals surface area contributed by atoms with Crippen LogP contribution in [0.4, 0.5) is 0 Å². The van der Waals surface area contributed by atoms with E-state index in [1.54, 1.807) is 24.3 Å². The SMILES string of the molecule is Cc1ccccc1-c1cccc2c(CCCOc3cccc4ccccc34)c(C(=O)O)n(Cc3ccc(C(=O)O)cc3)c12. The van der Waals surface area contributed by atoms with Crippen LogP contribution in [-0.4, -0.2) is 33.3 Å². The molecule has 0 atom stereocenters. The zero-order valence-corrected chi connectivity index (χ0v) is 23.8. The van der Waals surface area contributed by atoms with Gasteiger partial charge in [0.25, 0.3) is 0 Å². The number of carboxylic acid groups (broad SMARTS) is 2. The van der Waals surface area contributed by atoms with E-state index >= 15 is 0 Å². The zero-order valence-electron chi connectivity index (χ0n) is 23.8. The van der Waals surface area contributed by atoms with E-state index in [9.17, 15) is 19.8 Å². The number of aromatic carboxylic acids is 2. The third-order valence-corrected chi connectivity index (χ3v) is 7.94. The molecule has 0 radical (unpaired) electrons. The highest BCUT2D eigenvalue weighted by Gasteiger charge is 2.25. The molecule has 0 aliphatic rings. The van der Waals surface area contributed by atoms with Gasteiger partial charge in [0, 0.05) is 22.9 Å². The monoisotopic (exact) mass is 569 g/mol. The second-order valence-corrected chi connectivity index (χ2v) is 10.7. The zero-order chi connectivity index (χ0) is 29.9. The molecule has 0 unspecified atom stereocenters. The van der Waals surface area contributed by atoms with Gasteiger partial charge in [0.15, 0.2) is 0 Å². The Labute approximate surface area is 249 Å². The summed E-state index contributed by atoms with van der Waals surface area (Å²) in [6.45, 7) is 2.77. The maximum atomic E-state index is 12.9. The molecule has 0 spiro atoms. The molecule has 0 amide bonds. The largest absolute Gasteiger partial charge is 0.493 e. The fraction of sp³-hybridized carbons (Fsp3) is 0.135. The number of hydrogen-bond acceptors (Lipinski definition) is 3. The highest BCUT2D eigenvalue weighted by molar-refractivity contribution is 6.04. The van der Waals surface area contributed by atoms with Crippen LogP contribution in [0, 0.1) is 6.92 Å². The van der Waals surface area contributed by atoms with E-state index < -0.39 is 11.9 Å². The summed E-state index contributed by atoms with van der Waals surface area (Å²) in [6, 6.07) is 34.8. The third kappa shape index (κ3) is 5.47. The lowest BCUT2D eigenvalue weighted by atomic mass is 9.97. The molecule has 5 aromatic carbocycles. The highest BCUT2D eigenvalue weighted by Crippen LogP contribution is 2.37. The number of rotatable bonds is 10. The van der Waals surface area contributed by atoms with Crippen molar-refractivity contribution < 1.29 is 24.5 Å². The molecule has 43 heavy (non-hydrogen) atoms. The lowest BCUT2D eigenvalue weighted by Crippen LogP contribution is -2.12. The van der Waals surface area contributed by atoms with Crippen LogP contribution >= 0.6 is 0 Å². The number of carbonyl (C=O) groups is 2. The number of hydrogen-bond donors (Lipinski definition) is 2. The number of benzene rings is 5. The van der Waals surface area contributed by atoms with Crippen LogP contribution in [-0.2, 0) is 13.0 Å². The maximum absolute atomic E-state index is 12.9. The number of nitrogens with zero attached hydrogens (tertiary/aromatic N) is 1. The number of aryl methyl sites for hydroxylation is 2. The normalized spacial score (nSPS) is 11.2. The van der Waals surface area contributed by atoms with Crippen molar-refractivity contribution in [1.82, 2.24) is 4.57 Å². The van der Waals surface area contributed by atoms with Gasteiger partial charge in [-0.25, -0.2) is 9.59 Å². The van der Waals surface area contributed by atoms with Gasteiger partial charge in [-0.3, -0.25) is 0 Å². The Morgan fingerprint density at radius 3 is 2.16 bits per heavy atom. The first-order valence-corrected chi connectivity index (χ1v) is 14.3. The predicted octanol–water partition coefficient (Wildman–Crippen LogP) is 8.23. The average molecular weight is 570 g/mol. The van der Waals surface area contributed by atoms with Gasteiger partial charge in [-0.15, -0.1) is 0 Å². The van der Waals surface area contributed by atoms with E-state index in [0.717, 1.165) is 55.2 Å². The molecular weight excluding hydrogens is 538 g/mol. The fourth-order valence-corrected chi connectivity index (χ4v) is 5.92. The second-order valence-electron chi connectivity index (χ2n) is 10.7. The predicted molar refractivity (Wildman–Crippen MR) is 169 cm³/mol. The van der Waals surface area contributed by atoms with Crippen LogP contribution in [0.1, 0.15) is 44.0 Å². The minimum absolute atomic E-state index is 0.187. The highest BCUT2D eigenvalue weighted by atomic mass is 16.5. The van der Waals surface area contributed by atoms with Crippen molar-refractivity contribution in [2.75, 3.05) is 6.61 Å². The summed E-state index contributed by atoms with van der Waals surface area (Å²) in [4.78, 5) is 24.3. The van der Waals surface area contributed by atoms with Gasteiger partial charge in [-0.05, 0) is 65.6 Å². The molecule has 0 bridgehead atoms. The molecule has 2 N–H and O–H groups in total. The van der Waals surface area contributed by atoms with E-state index in [-0.39, 0.29) is 17.8 Å². The van der Waals surface area contributed by atoms with Crippen LogP contribution in [0.5, 0.6) is 5.75 Å². The summed E-state index contributed by atoms with van der Waals surface area (Å²) in [5.41, 5.74) is 5.94. The Kier molecular flexibility index (Phi) is 7.67. The molecule has 0 saturated carbocycles. The molecule has 214 valence electrons. The summed E-state index contributed by atoms with van der Waals surface area (Å²) in [6.07, 6.45) is 1.15. The third-order valence-electron chi connectivity index (χ3n) is 7.94. The van der Waals surface area contributed by atoms with Gasteiger partial charge < -0.3 is 19.5 Å². The molecule has 1 heterocycles. The molecular formula is C37H31NO5. The Morgan fingerprint density at radius 2 is 1.40 bits per heavy atom. The summed E-state index contributed by atoms with van der Waals surface area (Å²) >= 11 is 0. The minimum atomic E-state index is -1.00. The van der Waals surface area contributed by atoms with Crippen LogP contribution in [0.25, 0.3) is 32.8 Å². The molecule has 0 saturated heterocycles. The quantitative estimate of drug-likeness (QED) is 0.162. The Bertz CT molecular complexity index is 1960. The summed E-state index contributed by atoms with van der Waals surface area (Å²) in [7, 11) is 0.